The number of nitrogens with zero attached hydrogens (tertiary/aromatic N) is 1. The molecule has 224 valence electrons. The van der Waals surface area contributed by atoms with Gasteiger partial charge in [0, 0.05) is 17.8 Å². The third-order valence-corrected chi connectivity index (χ3v) is 8.68. The second kappa shape index (κ2) is 12.6. The first-order valence-corrected chi connectivity index (χ1v) is 15.2. The zero-order chi connectivity index (χ0) is 30.5. The van der Waals surface area contributed by atoms with Crippen LogP contribution in [-0.2, 0) is 32.2 Å². The summed E-state index contributed by atoms with van der Waals surface area (Å²) in [4.78, 5) is 17.1. The molecule has 2 N–H and O–H groups in total. The standard InChI is InChI=1S/C31H33F3N2O5S/c1-3-16-30(17-15-21-9-6-5-7-10-21)19-26(37)28(29(38)41-30)25(4-2)22-11-8-12-24(18-22)36-42(39,40)27-14-13-23(20-35-27)31(32,33)34/h5-14,18,20,25,36,38H,3-4,15-17,19H2,1-2H3/t25-,30?/m1/s1. The van der Waals surface area contributed by atoms with Gasteiger partial charge in [-0.05, 0) is 61.1 Å². The van der Waals surface area contributed by atoms with Crippen LogP contribution in [0.3, 0.4) is 0 Å². The van der Waals surface area contributed by atoms with Crippen LogP contribution in [0.2, 0.25) is 0 Å². The summed E-state index contributed by atoms with van der Waals surface area (Å²) in [5.74, 6) is -1.23. The summed E-state index contributed by atoms with van der Waals surface area (Å²) >= 11 is 0. The van der Waals surface area contributed by atoms with E-state index in [0.29, 0.717) is 43.5 Å². The van der Waals surface area contributed by atoms with E-state index in [1.807, 2.05) is 44.2 Å². The molecule has 2 atom stereocenters. The molecule has 11 heteroatoms. The van der Waals surface area contributed by atoms with E-state index in [0.717, 1.165) is 18.1 Å². The molecule has 1 aromatic heterocycles. The molecule has 0 spiro atoms. The molecule has 42 heavy (non-hydrogen) atoms. The van der Waals surface area contributed by atoms with Crippen molar-refractivity contribution in [1.29, 1.82) is 0 Å². The number of anilines is 1. The molecule has 1 unspecified atom stereocenters. The summed E-state index contributed by atoms with van der Waals surface area (Å²) in [5.41, 5.74) is 0.0252. The number of sulfonamides is 1. The summed E-state index contributed by atoms with van der Waals surface area (Å²) in [6.45, 7) is 3.83. The number of Topliss-reactive ketones (excluding diaryl/α,β-unsaturated/α-hetero) is 1. The van der Waals surface area contributed by atoms with E-state index in [-0.39, 0.29) is 23.5 Å². The maximum Gasteiger partial charge on any atom is 0.417 e. The summed E-state index contributed by atoms with van der Waals surface area (Å²) in [6, 6.07) is 17.6. The Morgan fingerprint density at radius 1 is 1.05 bits per heavy atom. The van der Waals surface area contributed by atoms with Crippen LogP contribution in [0.5, 0.6) is 0 Å². The quantitative estimate of drug-likeness (QED) is 0.238. The predicted molar refractivity (Wildman–Crippen MR) is 152 cm³/mol. The van der Waals surface area contributed by atoms with Gasteiger partial charge in [-0.15, -0.1) is 0 Å². The molecule has 0 aliphatic carbocycles. The number of aliphatic hydroxyl groups is 1. The number of benzene rings is 2. The summed E-state index contributed by atoms with van der Waals surface area (Å²) < 4.78 is 72.7. The fraction of sp³-hybridized carbons (Fsp3) is 0.355. The van der Waals surface area contributed by atoms with Crippen molar-refractivity contribution in [2.24, 2.45) is 0 Å². The zero-order valence-corrected chi connectivity index (χ0v) is 24.1. The highest BCUT2D eigenvalue weighted by atomic mass is 32.2. The van der Waals surface area contributed by atoms with E-state index in [2.05, 4.69) is 9.71 Å². The molecule has 0 radical (unpaired) electrons. The van der Waals surface area contributed by atoms with Crippen molar-refractivity contribution in [1.82, 2.24) is 4.98 Å². The Morgan fingerprint density at radius 3 is 2.38 bits per heavy atom. The van der Waals surface area contributed by atoms with Gasteiger partial charge in [0.05, 0.1) is 17.6 Å². The summed E-state index contributed by atoms with van der Waals surface area (Å²) in [6.07, 6.45) is -1.08. The van der Waals surface area contributed by atoms with Crippen LogP contribution in [0, 0.1) is 0 Å². The topological polar surface area (TPSA) is 106 Å². The maximum atomic E-state index is 13.6. The van der Waals surface area contributed by atoms with Gasteiger partial charge >= 0.3 is 6.18 Å². The third kappa shape index (κ3) is 7.13. The number of ketones is 1. The first-order chi connectivity index (χ1) is 19.9. The Kier molecular flexibility index (Phi) is 9.30. The van der Waals surface area contributed by atoms with Crippen molar-refractivity contribution in [3.63, 3.8) is 0 Å². The van der Waals surface area contributed by atoms with E-state index in [9.17, 15) is 31.5 Å². The zero-order valence-electron chi connectivity index (χ0n) is 23.3. The molecule has 7 nitrogen and oxygen atoms in total. The number of carbonyl (C=O) groups excluding carboxylic acids is 1. The van der Waals surface area contributed by atoms with Gasteiger partial charge in [0.1, 0.15) is 5.60 Å². The van der Waals surface area contributed by atoms with Gasteiger partial charge in [-0.1, -0.05) is 62.7 Å². The number of halogens is 3. The number of ether oxygens (including phenoxy) is 1. The highest BCUT2D eigenvalue weighted by Crippen LogP contribution is 2.42. The molecular weight excluding hydrogens is 569 g/mol. The Hall–Kier alpha value is -3.86. The third-order valence-electron chi connectivity index (χ3n) is 7.38. The van der Waals surface area contributed by atoms with Crippen molar-refractivity contribution < 1.29 is 36.2 Å². The highest BCUT2D eigenvalue weighted by Gasteiger charge is 2.43. The van der Waals surface area contributed by atoms with Gasteiger partial charge < -0.3 is 9.84 Å². The largest absolute Gasteiger partial charge is 0.481 e. The van der Waals surface area contributed by atoms with Gasteiger partial charge in [-0.3, -0.25) is 9.52 Å². The van der Waals surface area contributed by atoms with Crippen LogP contribution in [0.4, 0.5) is 18.9 Å². The number of pyridine rings is 1. The lowest BCUT2D eigenvalue weighted by atomic mass is 9.78. The molecule has 1 aliphatic rings. The highest BCUT2D eigenvalue weighted by molar-refractivity contribution is 7.92. The number of nitrogens with one attached hydrogen (secondary N) is 1. The molecular formula is C31H33F3N2O5S. The Morgan fingerprint density at radius 2 is 1.79 bits per heavy atom. The van der Waals surface area contributed by atoms with Gasteiger partial charge in [0.25, 0.3) is 16.0 Å². The summed E-state index contributed by atoms with van der Waals surface area (Å²) in [5, 5.41) is 10.5. The molecule has 0 bridgehead atoms. The molecule has 1 aliphatic heterocycles. The van der Waals surface area contributed by atoms with E-state index < -0.39 is 44.3 Å². The Balaban J connectivity index is 1.57. The number of carbonyl (C=O) groups is 1. The first-order valence-electron chi connectivity index (χ1n) is 13.7. The summed E-state index contributed by atoms with van der Waals surface area (Å²) in [7, 11) is -4.30. The maximum absolute atomic E-state index is 13.6. The van der Waals surface area contributed by atoms with Gasteiger partial charge in [-0.2, -0.15) is 21.6 Å². The van der Waals surface area contributed by atoms with E-state index >= 15 is 0 Å². The van der Waals surface area contributed by atoms with E-state index in [1.54, 1.807) is 12.1 Å². The SMILES string of the molecule is CCCC1(CCc2ccccc2)CC(=O)C([C@H](CC)c2cccc(NS(=O)(=O)c3ccc(C(F)(F)F)cn3)c2)=C(O)O1. The van der Waals surface area contributed by atoms with Crippen LogP contribution >= 0.6 is 0 Å². The predicted octanol–water partition coefficient (Wildman–Crippen LogP) is 7.33. The van der Waals surface area contributed by atoms with Crippen molar-refractivity contribution in [3.8, 4) is 0 Å². The second-order valence-electron chi connectivity index (χ2n) is 10.4. The van der Waals surface area contributed by atoms with Gasteiger partial charge in [-0.25, -0.2) is 4.98 Å². The average Bonchev–Trinajstić information content (AvgIpc) is 2.94. The van der Waals surface area contributed by atoms with Crippen molar-refractivity contribution in [3.05, 3.63) is 101 Å². The van der Waals surface area contributed by atoms with Crippen LogP contribution in [0.25, 0.3) is 0 Å². The van der Waals surface area contributed by atoms with Crippen LogP contribution in [0.15, 0.2) is 89.5 Å². The molecule has 3 aromatic rings. The molecule has 0 fully saturated rings. The lowest BCUT2D eigenvalue weighted by Gasteiger charge is -2.38. The van der Waals surface area contributed by atoms with Gasteiger partial charge in [0.15, 0.2) is 10.8 Å². The smallest absolute Gasteiger partial charge is 0.417 e. The second-order valence-corrected chi connectivity index (χ2v) is 12.0. The minimum absolute atomic E-state index is 0.107. The molecule has 0 saturated carbocycles. The molecule has 4 rings (SSSR count). The van der Waals surface area contributed by atoms with E-state index in [1.165, 1.54) is 12.1 Å². The fourth-order valence-corrected chi connectivity index (χ4v) is 6.34. The van der Waals surface area contributed by atoms with Crippen molar-refractivity contribution in [2.45, 2.75) is 75.1 Å². The number of aliphatic hydroxyl groups excluding tert-OH is 1. The van der Waals surface area contributed by atoms with Gasteiger partial charge in [0.2, 0.25) is 0 Å². The molecule has 2 heterocycles. The Labute approximate surface area is 243 Å². The molecule has 0 saturated heterocycles. The number of rotatable bonds is 11. The van der Waals surface area contributed by atoms with Crippen LogP contribution in [-0.4, -0.2) is 29.9 Å². The number of hydrogen-bond donors (Lipinski definition) is 2. The van der Waals surface area contributed by atoms with Crippen molar-refractivity contribution >= 4 is 21.5 Å². The minimum Gasteiger partial charge on any atom is -0.481 e. The lowest BCUT2D eigenvalue weighted by molar-refractivity contribution is -0.138. The minimum atomic E-state index is -4.65. The van der Waals surface area contributed by atoms with Crippen molar-refractivity contribution in [2.75, 3.05) is 4.72 Å². The molecule has 0 amide bonds. The monoisotopic (exact) mass is 602 g/mol. The van der Waals surface area contributed by atoms with E-state index in [4.69, 9.17) is 4.74 Å². The average molecular weight is 603 g/mol. The number of aromatic nitrogens is 1. The Bertz CT molecular complexity index is 1540. The number of alkyl halides is 3. The number of aryl methyl sites for hydroxylation is 1. The number of allylic oxidation sites excluding steroid dienone is 1. The normalized spacial score (nSPS) is 18.5. The number of hydrogen-bond acceptors (Lipinski definition) is 6. The van der Waals surface area contributed by atoms with Crippen LogP contribution < -0.4 is 4.72 Å². The lowest BCUT2D eigenvalue weighted by Crippen LogP contribution is -2.41. The first kappa shape index (κ1) is 31.1. The molecule has 2 aromatic carbocycles. The fourth-order valence-electron chi connectivity index (χ4n) is 5.36. The van der Waals surface area contributed by atoms with Crippen LogP contribution in [0.1, 0.15) is 68.6 Å².